The second-order valence-electron chi connectivity index (χ2n) is 10.4. The fourth-order valence-electron chi connectivity index (χ4n) is 4.87. The number of rotatable bonds is 7. The molecule has 0 unspecified atom stereocenters. The number of likely N-dealkylation sites (N-methyl/N-ethyl adjacent to an activating group) is 1. The third kappa shape index (κ3) is 5.62. The van der Waals surface area contributed by atoms with E-state index >= 15 is 0 Å². The van der Waals surface area contributed by atoms with Crippen LogP contribution >= 0.6 is 11.3 Å². The van der Waals surface area contributed by atoms with Gasteiger partial charge in [-0.3, -0.25) is 9.69 Å². The predicted molar refractivity (Wildman–Crippen MR) is 160 cm³/mol. The second-order valence-corrected chi connectivity index (χ2v) is 11.1. The van der Waals surface area contributed by atoms with E-state index in [9.17, 15) is 4.79 Å². The van der Waals surface area contributed by atoms with E-state index in [1.165, 1.54) is 11.1 Å². The molecule has 0 spiro atoms. The van der Waals surface area contributed by atoms with Gasteiger partial charge in [0.2, 0.25) is 5.88 Å². The molecular weight excluding hydrogens is 520 g/mol. The highest BCUT2D eigenvalue weighted by Gasteiger charge is 2.17. The van der Waals surface area contributed by atoms with Crippen LogP contribution in [0, 0.1) is 13.8 Å². The normalized spacial score (nSPS) is 14.5. The van der Waals surface area contributed by atoms with Crippen molar-refractivity contribution in [3.8, 4) is 23.0 Å². The quantitative estimate of drug-likeness (QED) is 0.254. The number of carbonyl (C=O) groups excluding carboxylic acids is 1. The lowest BCUT2D eigenvalue weighted by atomic mass is 10.1. The number of nitrogens with zero attached hydrogens (tertiary/aromatic N) is 4. The number of thiophene rings is 1. The Morgan fingerprint density at radius 1 is 1.02 bits per heavy atom. The number of fused-ring (bicyclic) bond motifs is 1. The van der Waals surface area contributed by atoms with Crippen molar-refractivity contribution in [2.45, 2.75) is 20.4 Å². The summed E-state index contributed by atoms with van der Waals surface area (Å²) in [7, 11) is 2.17. The predicted octanol–water partition coefficient (Wildman–Crippen LogP) is 6.10. The molecule has 204 valence electrons. The van der Waals surface area contributed by atoms with Gasteiger partial charge in [-0.2, -0.15) is 16.3 Å². The summed E-state index contributed by atoms with van der Waals surface area (Å²) >= 11 is 1.59. The molecule has 3 aromatic heterocycles. The molecule has 1 amide bonds. The molecule has 40 heavy (non-hydrogen) atoms. The molecular formula is C31H32N6O2S. The van der Waals surface area contributed by atoms with Gasteiger partial charge in [-0.1, -0.05) is 12.1 Å². The summed E-state index contributed by atoms with van der Waals surface area (Å²) in [5, 5.41) is 7.06. The standard InChI is InChI=1S/C31H32N6O2S/c1-20-4-5-22(30(38)33-25-7-6-23(21(2)16-25)18-37-13-11-36(3)12-14-37)17-27(20)39-31-28-26(8-10-32-28)34-29(35-31)24-9-15-40-19-24/h4-10,15-17,19,32H,11-14,18H2,1-3H3,(H,33,38). The third-order valence-corrected chi connectivity index (χ3v) is 8.08. The van der Waals surface area contributed by atoms with Gasteiger partial charge >= 0.3 is 0 Å². The maximum Gasteiger partial charge on any atom is 0.255 e. The van der Waals surface area contributed by atoms with Gasteiger partial charge < -0.3 is 19.9 Å². The second kappa shape index (κ2) is 11.2. The summed E-state index contributed by atoms with van der Waals surface area (Å²) < 4.78 is 6.31. The number of benzene rings is 2. The smallest absolute Gasteiger partial charge is 0.255 e. The Morgan fingerprint density at radius 3 is 2.65 bits per heavy atom. The first-order valence-corrected chi connectivity index (χ1v) is 14.4. The van der Waals surface area contributed by atoms with E-state index in [0.29, 0.717) is 28.5 Å². The van der Waals surface area contributed by atoms with E-state index in [1.54, 1.807) is 17.4 Å². The Labute approximate surface area is 237 Å². The maximum atomic E-state index is 13.2. The van der Waals surface area contributed by atoms with E-state index < -0.39 is 0 Å². The zero-order valence-corrected chi connectivity index (χ0v) is 23.7. The molecule has 0 bridgehead atoms. The lowest BCUT2D eigenvalue weighted by Crippen LogP contribution is -2.43. The van der Waals surface area contributed by atoms with E-state index in [-0.39, 0.29) is 5.91 Å². The molecule has 8 nitrogen and oxygen atoms in total. The molecule has 6 rings (SSSR count). The van der Waals surface area contributed by atoms with Crippen LogP contribution in [0.2, 0.25) is 0 Å². The fraction of sp³-hybridized carbons (Fsp3) is 0.258. The molecule has 4 heterocycles. The van der Waals surface area contributed by atoms with Crippen LogP contribution in [-0.2, 0) is 6.54 Å². The van der Waals surface area contributed by atoms with Crippen LogP contribution in [0.3, 0.4) is 0 Å². The minimum atomic E-state index is -0.192. The third-order valence-electron chi connectivity index (χ3n) is 7.40. The number of H-pyrrole nitrogens is 1. The van der Waals surface area contributed by atoms with Gasteiger partial charge in [-0.05, 0) is 79.4 Å². The van der Waals surface area contributed by atoms with Gasteiger partial charge in [0.05, 0.1) is 5.52 Å². The number of aromatic amines is 1. The molecule has 9 heteroatoms. The maximum absolute atomic E-state index is 13.2. The molecule has 1 aliphatic rings. The highest BCUT2D eigenvalue weighted by atomic mass is 32.1. The van der Waals surface area contributed by atoms with Gasteiger partial charge in [0.15, 0.2) is 5.82 Å². The van der Waals surface area contributed by atoms with Crippen LogP contribution in [0.25, 0.3) is 22.4 Å². The van der Waals surface area contributed by atoms with E-state index in [0.717, 1.165) is 55.1 Å². The monoisotopic (exact) mass is 552 g/mol. The number of hydrogen-bond donors (Lipinski definition) is 2. The van der Waals surface area contributed by atoms with Gasteiger partial charge in [0.25, 0.3) is 5.91 Å². The Hall–Kier alpha value is -4.05. The summed E-state index contributed by atoms with van der Waals surface area (Å²) in [6.07, 6.45) is 1.82. The average Bonchev–Trinajstić information content (AvgIpc) is 3.65. The minimum Gasteiger partial charge on any atom is -0.437 e. The highest BCUT2D eigenvalue weighted by molar-refractivity contribution is 7.08. The Bertz CT molecular complexity index is 1650. The van der Waals surface area contributed by atoms with E-state index in [4.69, 9.17) is 9.72 Å². The summed E-state index contributed by atoms with van der Waals surface area (Å²) in [6.45, 7) is 9.32. The van der Waals surface area contributed by atoms with Crippen molar-refractivity contribution in [2.24, 2.45) is 0 Å². The van der Waals surface area contributed by atoms with Gasteiger partial charge in [-0.25, -0.2) is 4.98 Å². The van der Waals surface area contributed by atoms with Crippen LogP contribution in [0.5, 0.6) is 11.6 Å². The molecule has 0 saturated carbocycles. The fourth-order valence-corrected chi connectivity index (χ4v) is 5.50. The van der Waals surface area contributed by atoms with Gasteiger partial charge in [-0.15, -0.1) is 0 Å². The molecule has 0 atom stereocenters. The molecule has 0 aliphatic carbocycles. The summed E-state index contributed by atoms with van der Waals surface area (Å²) in [6, 6.07) is 15.5. The number of nitrogens with one attached hydrogen (secondary N) is 2. The number of aryl methyl sites for hydroxylation is 2. The number of aromatic nitrogens is 3. The average molecular weight is 553 g/mol. The van der Waals surface area contributed by atoms with Crippen LogP contribution < -0.4 is 10.1 Å². The Morgan fingerprint density at radius 2 is 1.88 bits per heavy atom. The van der Waals surface area contributed by atoms with Crippen LogP contribution in [-0.4, -0.2) is 63.9 Å². The first-order valence-electron chi connectivity index (χ1n) is 13.4. The lowest BCUT2D eigenvalue weighted by Gasteiger charge is -2.32. The lowest BCUT2D eigenvalue weighted by molar-refractivity contribution is 0.102. The molecule has 2 N–H and O–H groups in total. The number of carbonyl (C=O) groups is 1. The number of ether oxygens (including phenoxy) is 1. The van der Waals surface area contributed by atoms with Crippen molar-refractivity contribution in [3.63, 3.8) is 0 Å². The first kappa shape index (κ1) is 26.2. The number of hydrogen-bond acceptors (Lipinski definition) is 7. The summed E-state index contributed by atoms with van der Waals surface area (Å²) in [4.78, 5) is 30.6. The topological polar surface area (TPSA) is 86.4 Å². The van der Waals surface area contributed by atoms with Crippen molar-refractivity contribution in [3.05, 3.63) is 87.7 Å². The molecule has 5 aromatic rings. The van der Waals surface area contributed by atoms with Crippen LogP contribution in [0.4, 0.5) is 5.69 Å². The largest absolute Gasteiger partial charge is 0.437 e. The zero-order valence-electron chi connectivity index (χ0n) is 22.9. The number of anilines is 1. The van der Waals surface area contributed by atoms with Crippen LogP contribution in [0.1, 0.15) is 27.0 Å². The molecule has 1 aliphatic heterocycles. The van der Waals surface area contributed by atoms with Crippen molar-refractivity contribution in [1.82, 2.24) is 24.8 Å². The zero-order chi connectivity index (χ0) is 27.6. The number of amides is 1. The molecule has 2 aromatic carbocycles. The van der Waals surface area contributed by atoms with E-state index in [2.05, 4.69) is 45.1 Å². The molecule has 1 saturated heterocycles. The SMILES string of the molecule is Cc1cc(NC(=O)c2ccc(C)c(Oc3nc(-c4ccsc4)nc4cc[nH]c34)c2)ccc1CN1CCN(C)CC1. The van der Waals surface area contributed by atoms with Crippen molar-refractivity contribution < 1.29 is 9.53 Å². The Balaban J connectivity index is 1.19. The summed E-state index contributed by atoms with van der Waals surface area (Å²) in [5.41, 5.74) is 7.06. The Kier molecular flexibility index (Phi) is 7.34. The summed E-state index contributed by atoms with van der Waals surface area (Å²) in [5.74, 6) is 1.39. The van der Waals surface area contributed by atoms with Crippen molar-refractivity contribution in [2.75, 3.05) is 38.5 Å². The van der Waals surface area contributed by atoms with Crippen LogP contribution in [0.15, 0.2) is 65.5 Å². The number of piperazine rings is 1. The molecule has 0 radical (unpaired) electrons. The molecule has 1 fully saturated rings. The van der Waals surface area contributed by atoms with Gasteiger partial charge in [0, 0.05) is 61.1 Å². The first-order chi connectivity index (χ1) is 19.4. The van der Waals surface area contributed by atoms with Crippen molar-refractivity contribution in [1.29, 1.82) is 0 Å². The highest BCUT2D eigenvalue weighted by Crippen LogP contribution is 2.32. The minimum absolute atomic E-state index is 0.192. The van der Waals surface area contributed by atoms with E-state index in [1.807, 2.05) is 60.3 Å². The van der Waals surface area contributed by atoms with Crippen molar-refractivity contribution >= 4 is 34.0 Å². The van der Waals surface area contributed by atoms with Gasteiger partial charge in [0.1, 0.15) is 11.3 Å².